The topological polar surface area (TPSA) is 154 Å². The van der Waals surface area contributed by atoms with Gasteiger partial charge in [0.1, 0.15) is 30.5 Å². The summed E-state index contributed by atoms with van der Waals surface area (Å²) in [6.07, 6.45) is 2.74. The zero-order valence-electron chi connectivity index (χ0n) is 21.9. The van der Waals surface area contributed by atoms with Gasteiger partial charge in [-0.2, -0.15) is 0 Å². The van der Waals surface area contributed by atoms with E-state index in [2.05, 4.69) is 10.6 Å². The lowest BCUT2D eigenvalue weighted by Gasteiger charge is -2.28. The van der Waals surface area contributed by atoms with Crippen molar-refractivity contribution in [1.29, 1.82) is 0 Å². The highest BCUT2D eigenvalue weighted by molar-refractivity contribution is 5.89. The lowest BCUT2D eigenvalue weighted by Crippen LogP contribution is -2.55. The average molecular weight is 513 g/mol. The Labute approximate surface area is 213 Å². The molecule has 2 aliphatic rings. The zero-order valence-corrected chi connectivity index (χ0v) is 21.9. The number of nitrogens with one attached hydrogen (secondary N) is 2. The quantitative estimate of drug-likeness (QED) is 0.214. The van der Waals surface area contributed by atoms with Crippen LogP contribution in [0.5, 0.6) is 0 Å². The van der Waals surface area contributed by atoms with E-state index in [4.69, 9.17) is 9.47 Å². The summed E-state index contributed by atoms with van der Waals surface area (Å²) in [5, 5.41) is 36.2. The molecule has 1 unspecified atom stereocenters. The lowest BCUT2D eigenvalue weighted by molar-refractivity contribution is -0.151. The van der Waals surface area contributed by atoms with Crippen molar-refractivity contribution in [3.63, 3.8) is 0 Å². The third-order valence-electron chi connectivity index (χ3n) is 6.71. The summed E-state index contributed by atoms with van der Waals surface area (Å²) in [7, 11) is 1.19. The first-order chi connectivity index (χ1) is 16.9. The molecule has 0 aromatic heterocycles. The number of ether oxygens (including phenoxy) is 2. The predicted octanol–water partition coefficient (Wildman–Crippen LogP) is 0.963. The van der Waals surface area contributed by atoms with Crippen LogP contribution in [0.2, 0.25) is 0 Å². The van der Waals surface area contributed by atoms with Gasteiger partial charge >= 0.3 is 5.97 Å². The van der Waals surface area contributed by atoms with Crippen molar-refractivity contribution in [3.8, 4) is 0 Å². The number of allylic oxidation sites excluding steroid dienone is 1. The maximum Gasteiger partial charge on any atom is 0.306 e. The van der Waals surface area contributed by atoms with E-state index in [9.17, 15) is 29.7 Å². The van der Waals surface area contributed by atoms with E-state index in [-0.39, 0.29) is 24.3 Å². The van der Waals surface area contributed by atoms with E-state index >= 15 is 0 Å². The molecule has 1 aliphatic heterocycles. The molecule has 5 N–H and O–H groups in total. The van der Waals surface area contributed by atoms with Crippen LogP contribution in [0.3, 0.4) is 0 Å². The monoisotopic (exact) mass is 512 g/mol. The second-order valence-electron chi connectivity index (χ2n) is 11.1. The van der Waals surface area contributed by atoms with Gasteiger partial charge in [0.25, 0.3) is 5.91 Å². The standard InChI is InChI=1S/C26H44N2O8/c1-26(2,3)13-12-19(29)21(31)22(32)23(35-4)25(34)28-18-11-10-17(15-27-24(18)33)36-20(30)14-16-8-6-5-7-9-16/h12-13,16-19,21-23,29,31-32H,5-11,14-15H2,1-4H3,(H,27,33)(H,28,34)/b13-12+/t17-,18?,19-,21+,22-,23-/m1/s1. The first kappa shape index (κ1) is 30.2. The molecule has 36 heavy (non-hydrogen) atoms. The number of rotatable bonds is 10. The molecule has 0 aromatic rings. The fourth-order valence-corrected chi connectivity index (χ4v) is 4.56. The van der Waals surface area contributed by atoms with Gasteiger partial charge in [-0.15, -0.1) is 0 Å². The normalized spacial score (nSPS) is 25.4. The number of methoxy groups -OCH3 is 1. The van der Waals surface area contributed by atoms with Crippen molar-refractivity contribution >= 4 is 17.8 Å². The maximum absolute atomic E-state index is 12.8. The van der Waals surface area contributed by atoms with Crippen LogP contribution in [0.25, 0.3) is 0 Å². The van der Waals surface area contributed by atoms with E-state index in [1.54, 1.807) is 6.08 Å². The Morgan fingerprint density at radius 3 is 2.36 bits per heavy atom. The van der Waals surface area contributed by atoms with E-state index in [1.807, 2.05) is 20.8 Å². The summed E-state index contributed by atoms with van der Waals surface area (Å²) in [5.41, 5.74) is -0.251. The molecular formula is C26H44N2O8. The Bertz CT molecular complexity index is 760. The van der Waals surface area contributed by atoms with Crippen LogP contribution in [0, 0.1) is 11.3 Å². The van der Waals surface area contributed by atoms with Gasteiger partial charge in [-0.05, 0) is 37.0 Å². The second kappa shape index (κ2) is 14.1. The van der Waals surface area contributed by atoms with Gasteiger partial charge in [0.05, 0.1) is 6.54 Å². The molecule has 2 fully saturated rings. The molecule has 0 spiro atoms. The third-order valence-corrected chi connectivity index (χ3v) is 6.71. The number of carbonyl (C=O) groups is 3. The number of carbonyl (C=O) groups excluding carboxylic acids is 3. The highest BCUT2D eigenvalue weighted by Gasteiger charge is 2.37. The Kier molecular flexibility index (Phi) is 11.8. The summed E-state index contributed by atoms with van der Waals surface area (Å²) in [6.45, 7) is 5.88. The van der Waals surface area contributed by atoms with Crippen LogP contribution < -0.4 is 10.6 Å². The lowest BCUT2D eigenvalue weighted by atomic mass is 9.87. The van der Waals surface area contributed by atoms with Gasteiger partial charge in [-0.25, -0.2) is 0 Å². The molecule has 6 atom stereocenters. The maximum atomic E-state index is 12.8. The molecule has 2 amide bonds. The number of aliphatic hydroxyl groups is 3. The van der Waals surface area contributed by atoms with Crippen molar-refractivity contribution in [3.05, 3.63) is 12.2 Å². The van der Waals surface area contributed by atoms with Gasteiger partial charge in [0, 0.05) is 13.5 Å². The van der Waals surface area contributed by atoms with Crippen molar-refractivity contribution in [1.82, 2.24) is 10.6 Å². The van der Waals surface area contributed by atoms with Crippen molar-refractivity contribution in [2.24, 2.45) is 11.3 Å². The fourth-order valence-electron chi connectivity index (χ4n) is 4.56. The smallest absolute Gasteiger partial charge is 0.306 e. The summed E-state index contributed by atoms with van der Waals surface area (Å²) < 4.78 is 10.7. The van der Waals surface area contributed by atoms with Crippen LogP contribution in [-0.4, -0.2) is 83.3 Å². The Hall–Kier alpha value is -2.01. The summed E-state index contributed by atoms with van der Waals surface area (Å²) >= 11 is 0. The minimum Gasteiger partial charge on any atom is -0.460 e. The van der Waals surface area contributed by atoms with E-state index in [0.29, 0.717) is 18.8 Å². The molecule has 10 nitrogen and oxygen atoms in total. The summed E-state index contributed by atoms with van der Waals surface area (Å²) in [6, 6.07) is -0.924. The third kappa shape index (κ3) is 9.80. The molecular weight excluding hydrogens is 468 g/mol. The number of amides is 2. The van der Waals surface area contributed by atoms with Crippen molar-refractivity contribution in [2.45, 2.75) is 109 Å². The molecule has 0 radical (unpaired) electrons. The fraction of sp³-hybridized carbons (Fsp3) is 0.808. The number of aliphatic hydroxyl groups excluding tert-OH is 3. The summed E-state index contributed by atoms with van der Waals surface area (Å²) in [4.78, 5) is 37.7. The minimum atomic E-state index is -1.74. The van der Waals surface area contributed by atoms with Crippen molar-refractivity contribution in [2.75, 3.05) is 13.7 Å². The van der Waals surface area contributed by atoms with E-state index in [0.717, 1.165) is 25.7 Å². The first-order valence-electron chi connectivity index (χ1n) is 12.9. The number of esters is 1. The Morgan fingerprint density at radius 1 is 1.08 bits per heavy atom. The molecule has 10 heteroatoms. The Morgan fingerprint density at radius 2 is 1.75 bits per heavy atom. The van der Waals surface area contributed by atoms with Gasteiger partial charge in [-0.1, -0.05) is 52.2 Å². The van der Waals surface area contributed by atoms with E-state index in [1.165, 1.54) is 19.6 Å². The molecule has 206 valence electrons. The highest BCUT2D eigenvalue weighted by atomic mass is 16.5. The number of hydrogen-bond acceptors (Lipinski definition) is 8. The van der Waals surface area contributed by atoms with Crippen molar-refractivity contribution < 1.29 is 39.2 Å². The van der Waals surface area contributed by atoms with Crippen LogP contribution in [-0.2, 0) is 23.9 Å². The van der Waals surface area contributed by atoms with Gasteiger partial charge in [0.2, 0.25) is 5.91 Å². The summed E-state index contributed by atoms with van der Waals surface area (Å²) in [5.74, 6) is -1.15. The van der Waals surface area contributed by atoms with E-state index < -0.39 is 48.4 Å². The predicted molar refractivity (Wildman–Crippen MR) is 133 cm³/mol. The molecule has 1 aliphatic carbocycles. The average Bonchev–Trinajstić information content (AvgIpc) is 2.98. The Balaban J connectivity index is 1.89. The molecule has 1 saturated carbocycles. The highest BCUT2D eigenvalue weighted by Crippen LogP contribution is 2.27. The largest absolute Gasteiger partial charge is 0.460 e. The van der Waals surface area contributed by atoms with Crippen LogP contribution in [0.1, 0.15) is 72.1 Å². The molecule has 1 saturated heterocycles. The molecule has 0 bridgehead atoms. The second-order valence-corrected chi connectivity index (χ2v) is 11.1. The minimum absolute atomic E-state index is 0.156. The van der Waals surface area contributed by atoms with Crippen LogP contribution in [0.4, 0.5) is 0 Å². The first-order valence-corrected chi connectivity index (χ1v) is 12.9. The zero-order chi connectivity index (χ0) is 26.9. The molecule has 2 rings (SSSR count). The molecule has 1 heterocycles. The molecule has 0 aromatic carbocycles. The van der Waals surface area contributed by atoms with Gasteiger partial charge in [-0.3, -0.25) is 14.4 Å². The SMILES string of the molecule is CO[C@@H](C(=O)NC1CC[C@@H](OC(=O)CC2CCCCC2)CNC1=O)[C@H](O)[C@@H](O)[C@H](O)/C=C/C(C)(C)C. The van der Waals surface area contributed by atoms with Gasteiger partial charge < -0.3 is 35.4 Å². The van der Waals surface area contributed by atoms with Crippen LogP contribution in [0.15, 0.2) is 12.2 Å². The van der Waals surface area contributed by atoms with Crippen LogP contribution >= 0.6 is 0 Å². The van der Waals surface area contributed by atoms with Gasteiger partial charge in [0.15, 0.2) is 6.10 Å². The number of hydrogen-bond donors (Lipinski definition) is 5.